The molecule has 2 rings (SSSR count). The molecule has 132 valence electrons. The van der Waals surface area contributed by atoms with E-state index in [9.17, 15) is 14.4 Å². The molecule has 0 heterocycles. The molecule has 7 nitrogen and oxygen atoms in total. The lowest BCUT2D eigenvalue weighted by Gasteiger charge is -2.29. The third kappa shape index (κ3) is 5.60. The van der Waals surface area contributed by atoms with E-state index < -0.39 is 24.5 Å². The second-order valence-corrected chi connectivity index (χ2v) is 6.16. The Labute approximate surface area is 146 Å². The minimum atomic E-state index is -0.728. The van der Waals surface area contributed by atoms with Crippen molar-refractivity contribution in [3.8, 4) is 6.07 Å². The van der Waals surface area contributed by atoms with Crippen molar-refractivity contribution < 1.29 is 19.1 Å². The Hall–Kier alpha value is -2.88. The highest BCUT2D eigenvalue weighted by molar-refractivity contribution is 5.97. The number of hydrogen-bond donors (Lipinski definition) is 2. The molecule has 1 aliphatic carbocycles. The topological polar surface area (TPSA) is 108 Å². The van der Waals surface area contributed by atoms with Crippen LogP contribution in [0.2, 0.25) is 0 Å². The van der Waals surface area contributed by atoms with Crippen molar-refractivity contribution in [2.75, 3.05) is 6.61 Å². The number of urea groups is 1. The van der Waals surface area contributed by atoms with Crippen LogP contribution in [0.3, 0.4) is 0 Å². The van der Waals surface area contributed by atoms with Gasteiger partial charge in [0.1, 0.15) is 0 Å². The third-order valence-corrected chi connectivity index (χ3v) is 4.24. The van der Waals surface area contributed by atoms with E-state index in [0.717, 1.165) is 25.7 Å². The van der Waals surface area contributed by atoms with Crippen LogP contribution in [0.1, 0.15) is 48.5 Å². The molecule has 0 spiro atoms. The molecule has 1 saturated carbocycles. The average molecular weight is 343 g/mol. The molecule has 0 aromatic heterocycles. The maximum atomic E-state index is 11.9. The lowest BCUT2D eigenvalue weighted by molar-refractivity contribution is -0.123. The van der Waals surface area contributed by atoms with Crippen LogP contribution in [0.15, 0.2) is 24.3 Å². The lowest BCUT2D eigenvalue weighted by atomic mass is 9.86. The summed E-state index contributed by atoms with van der Waals surface area (Å²) in [7, 11) is 0. The van der Waals surface area contributed by atoms with Crippen LogP contribution in [0.4, 0.5) is 4.79 Å². The molecule has 0 radical (unpaired) electrons. The van der Waals surface area contributed by atoms with Crippen LogP contribution in [0.5, 0.6) is 0 Å². The number of hydrogen-bond acceptors (Lipinski definition) is 5. The summed E-state index contributed by atoms with van der Waals surface area (Å²) < 4.78 is 4.86. The second-order valence-electron chi connectivity index (χ2n) is 6.16. The number of ether oxygens (including phenoxy) is 1. The van der Waals surface area contributed by atoms with E-state index in [-0.39, 0.29) is 11.6 Å². The Balaban J connectivity index is 1.77. The SMILES string of the molecule is C[C@@H]1CCCC[C@@H]1NC(=O)NC(=O)COC(=O)c1cccc(C#N)c1. The van der Waals surface area contributed by atoms with Gasteiger partial charge in [0.15, 0.2) is 6.61 Å². The molecule has 1 aliphatic rings. The molecule has 1 aromatic rings. The number of carbonyl (C=O) groups is 3. The smallest absolute Gasteiger partial charge is 0.338 e. The van der Waals surface area contributed by atoms with Gasteiger partial charge in [0, 0.05) is 6.04 Å². The summed E-state index contributed by atoms with van der Waals surface area (Å²) in [5.41, 5.74) is 0.493. The zero-order chi connectivity index (χ0) is 18.2. The zero-order valence-electron chi connectivity index (χ0n) is 14.1. The molecule has 0 saturated heterocycles. The number of nitriles is 1. The number of nitrogens with zero attached hydrogens (tertiary/aromatic N) is 1. The Morgan fingerprint density at radius 1 is 1.28 bits per heavy atom. The maximum Gasteiger partial charge on any atom is 0.338 e. The normalized spacial score (nSPS) is 19.4. The van der Waals surface area contributed by atoms with Crippen LogP contribution in [-0.2, 0) is 9.53 Å². The van der Waals surface area contributed by atoms with Gasteiger partial charge in [-0.15, -0.1) is 0 Å². The highest BCUT2D eigenvalue weighted by Crippen LogP contribution is 2.23. The van der Waals surface area contributed by atoms with Crippen molar-refractivity contribution >= 4 is 17.9 Å². The van der Waals surface area contributed by atoms with Crippen LogP contribution in [0.25, 0.3) is 0 Å². The summed E-state index contributed by atoms with van der Waals surface area (Å²) in [4.78, 5) is 35.4. The van der Waals surface area contributed by atoms with Crippen molar-refractivity contribution in [3.05, 3.63) is 35.4 Å². The van der Waals surface area contributed by atoms with E-state index >= 15 is 0 Å². The molecule has 1 fully saturated rings. The summed E-state index contributed by atoms with van der Waals surface area (Å²) >= 11 is 0. The minimum Gasteiger partial charge on any atom is -0.452 e. The second kappa shape index (κ2) is 8.83. The fraction of sp³-hybridized carbons (Fsp3) is 0.444. The number of benzene rings is 1. The monoisotopic (exact) mass is 343 g/mol. The molecule has 7 heteroatoms. The number of imide groups is 1. The first kappa shape index (κ1) is 18.5. The van der Waals surface area contributed by atoms with Crippen molar-refractivity contribution in [3.63, 3.8) is 0 Å². The number of amides is 3. The van der Waals surface area contributed by atoms with Crippen LogP contribution >= 0.6 is 0 Å². The molecular formula is C18H21N3O4. The van der Waals surface area contributed by atoms with Gasteiger partial charge in [0.2, 0.25) is 0 Å². The quantitative estimate of drug-likeness (QED) is 0.814. The van der Waals surface area contributed by atoms with E-state index in [1.807, 2.05) is 6.07 Å². The molecule has 2 atom stereocenters. The first-order valence-corrected chi connectivity index (χ1v) is 8.27. The fourth-order valence-corrected chi connectivity index (χ4v) is 2.83. The fourth-order valence-electron chi connectivity index (χ4n) is 2.83. The van der Waals surface area contributed by atoms with Gasteiger partial charge in [-0.25, -0.2) is 9.59 Å². The van der Waals surface area contributed by atoms with Crippen LogP contribution < -0.4 is 10.6 Å². The number of carbonyl (C=O) groups excluding carboxylic acids is 3. The third-order valence-electron chi connectivity index (χ3n) is 4.24. The van der Waals surface area contributed by atoms with Gasteiger partial charge < -0.3 is 10.1 Å². The highest BCUT2D eigenvalue weighted by Gasteiger charge is 2.23. The van der Waals surface area contributed by atoms with Crippen molar-refractivity contribution in [2.45, 2.75) is 38.6 Å². The number of nitrogens with one attached hydrogen (secondary N) is 2. The highest BCUT2D eigenvalue weighted by atomic mass is 16.5. The molecule has 0 aliphatic heterocycles. The van der Waals surface area contributed by atoms with Gasteiger partial charge in [-0.05, 0) is 37.0 Å². The Morgan fingerprint density at radius 2 is 2.04 bits per heavy atom. The van der Waals surface area contributed by atoms with Crippen LogP contribution in [-0.4, -0.2) is 30.6 Å². The lowest BCUT2D eigenvalue weighted by Crippen LogP contribution is -2.48. The summed E-state index contributed by atoms with van der Waals surface area (Å²) in [6, 6.07) is 7.35. The molecule has 2 N–H and O–H groups in total. The molecule has 0 bridgehead atoms. The largest absolute Gasteiger partial charge is 0.452 e. The molecule has 3 amide bonds. The zero-order valence-corrected chi connectivity index (χ0v) is 14.1. The Bertz CT molecular complexity index is 696. The predicted molar refractivity (Wildman–Crippen MR) is 89.5 cm³/mol. The predicted octanol–water partition coefficient (Wildman–Crippen LogP) is 2.12. The summed E-state index contributed by atoms with van der Waals surface area (Å²) in [6.45, 7) is 1.51. The summed E-state index contributed by atoms with van der Waals surface area (Å²) in [5, 5.41) is 13.7. The first-order valence-electron chi connectivity index (χ1n) is 8.27. The summed E-state index contributed by atoms with van der Waals surface area (Å²) in [5.74, 6) is -1.06. The Morgan fingerprint density at radius 3 is 2.76 bits per heavy atom. The standard InChI is InChI=1S/C18H21N3O4/c1-12-5-2-3-8-15(12)20-18(24)21-16(22)11-25-17(23)14-7-4-6-13(9-14)10-19/h4,6-7,9,12,15H,2-3,5,8,11H2,1H3,(H2,20,21,22,24)/t12-,15+/m1/s1. The van der Waals surface area contributed by atoms with E-state index in [0.29, 0.717) is 11.5 Å². The summed E-state index contributed by atoms with van der Waals surface area (Å²) in [6.07, 6.45) is 4.16. The van der Waals surface area contributed by atoms with E-state index in [4.69, 9.17) is 10.00 Å². The van der Waals surface area contributed by atoms with Crippen molar-refractivity contribution in [1.82, 2.24) is 10.6 Å². The van der Waals surface area contributed by atoms with Gasteiger partial charge in [-0.1, -0.05) is 25.8 Å². The van der Waals surface area contributed by atoms with E-state index in [1.165, 1.54) is 12.1 Å². The Kier molecular flexibility index (Phi) is 6.52. The van der Waals surface area contributed by atoms with Gasteiger partial charge >= 0.3 is 12.0 Å². The van der Waals surface area contributed by atoms with E-state index in [2.05, 4.69) is 17.6 Å². The molecule has 25 heavy (non-hydrogen) atoms. The minimum absolute atomic E-state index is 0.0535. The van der Waals surface area contributed by atoms with Gasteiger partial charge in [0.25, 0.3) is 5.91 Å². The molecular weight excluding hydrogens is 322 g/mol. The van der Waals surface area contributed by atoms with Crippen LogP contribution in [0, 0.1) is 17.2 Å². The van der Waals surface area contributed by atoms with Gasteiger partial charge in [0.05, 0.1) is 17.2 Å². The van der Waals surface area contributed by atoms with E-state index in [1.54, 1.807) is 12.1 Å². The van der Waals surface area contributed by atoms with Crippen molar-refractivity contribution in [1.29, 1.82) is 5.26 Å². The average Bonchev–Trinajstić information content (AvgIpc) is 2.61. The van der Waals surface area contributed by atoms with Crippen molar-refractivity contribution in [2.24, 2.45) is 5.92 Å². The first-order chi connectivity index (χ1) is 12.0. The maximum absolute atomic E-state index is 11.9. The molecule has 1 aromatic carbocycles. The van der Waals surface area contributed by atoms with Gasteiger partial charge in [-0.3, -0.25) is 10.1 Å². The number of rotatable bonds is 4. The van der Waals surface area contributed by atoms with Gasteiger partial charge in [-0.2, -0.15) is 5.26 Å². The molecule has 0 unspecified atom stereocenters. The number of esters is 1.